The van der Waals surface area contributed by atoms with Crippen LogP contribution in [0.5, 0.6) is 17.2 Å². The summed E-state index contributed by atoms with van der Waals surface area (Å²) >= 11 is 1.31. The number of nitrogens with one attached hydrogen (secondary N) is 1. The Labute approximate surface area is 213 Å². The highest BCUT2D eigenvalue weighted by atomic mass is 32.1. The van der Waals surface area contributed by atoms with Crippen LogP contribution in [0.4, 0.5) is 5.13 Å². The Kier molecular flexibility index (Phi) is 8.31. The molecule has 0 saturated carbocycles. The maximum Gasteiger partial charge on any atom is 0.268 e. The van der Waals surface area contributed by atoms with E-state index in [0.717, 1.165) is 17.0 Å². The number of ether oxygens (including phenoxy) is 3. The number of nitriles is 1. The van der Waals surface area contributed by atoms with Gasteiger partial charge in [-0.05, 0) is 35.9 Å². The average Bonchev–Trinajstić information content (AvgIpc) is 3.39. The maximum absolute atomic E-state index is 12.6. The molecule has 4 aromatic rings. The van der Waals surface area contributed by atoms with Crippen molar-refractivity contribution in [2.45, 2.75) is 0 Å². The van der Waals surface area contributed by atoms with Gasteiger partial charge in [0.15, 0.2) is 5.13 Å². The zero-order chi connectivity index (χ0) is 25.2. The predicted octanol–water partition coefficient (Wildman–Crippen LogP) is 5.82. The second-order valence-electron chi connectivity index (χ2n) is 7.47. The van der Waals surface area contributed by atoms with Crippen LogP contribution in [0.25, 0.3) is 17.3 Å². The van der Waals surface area contributed by atoms with E-state index in [4.69, 9.17) is 14.2 Å². The quantitative estimate of drug-likeness (QED) is 0.169. The number of benzene rings is 3. The molecule has 3 aromatic carbocycles. The van der Waals surface area contributed by atoms with Crippen molar-refractivity contribution in [1.82, 2.24) is 4.98 Å². The number of aromatic nitrogens is 1. The molecule has 0 aliphatic heterocycles. The number of carbonyl (C=O) groups excluding carboxylic acids is 1. The van der Waals surface area contributed by atoms with Gasteiger partial charge < -0.3 is 14.2 Å². The molecular weight excluding hydrogens is 474 g/mol. The molecule has 0 saturated heterocycles. The molecule has 0 radical (unpaired) electrons. The number of amides is 1. The standard InChI is InChI=1S/C28H23N3O4S/c1-33-24-8-5-9-25(17-24)35-15-14-34-23-12-10-20(11-13-23)16-22(18-29)27(32)31-28-30-26(19-36-28)21-6-3-2-4-7-21/h2-13,16-17,19H,14-15H2,1H3,(H,30,31,32)/b22-16-. The second kappa shape index (κ2) is 12.2. The fourth-order valence-corrected chi connectivity index (χ4v) is 3.94. The Bertz CT molecular complexity index is 1380. The summed E-state index contributed by atoms with van der Waals surface area (Å²) in [5.74, 6) is 1.57. The monoisotopic (exact) mass is 497 g/mol. The van der Waals surface area contributed by atoms with E-state index in [1.165, 1.54) is 17.4 Å². The van der Waals surface area contributed by atoms with Gasteiger partial charge in [-0.1, -0.05) is 48.5 Å². The molecule has 36 heavy (non-hydrogen) atoms. The van der Waals surface area contributed by atoms with Gasteiger partial charge in [0.25, 0.3) is 5.91 Å². The van der Waals surface area contributed by atoms with E-state index in [0.29, 0.717) is 35.4 Å². The van der Waals surface area contributed by atoms with E-state index in [9.17, 15) is 10.1 Å². The van der Waals surface area contributed by atoms with Gasteiger partial charge in [-0.3, -0.25) is 10.1 Å². The summed E-state index contributed by atoms with van der Waals surface area (Å²) in [4.78, 5) is 17.0. The molecule has 8 heteroatoms. The van der Waals surface area contributed by atoms with Crippen molar-refractivity contribution in [2.24, 2.45) is 0 Å². The molecular formula is C28H23N3O4S. The van der Waals surface area contributed by atoms with Gasteiger partial charge in [-0.15, -0.1) is 11.3 Å². The number of nitrogens with zero attached hydrogens (tertiary/aromatic N) is 2. The number of anilines is 1. The predicted molar refractivity (Wildman–Crippen MR) is 140 cm³/mol. The third-order valence-electron chi connectivity index (χ3n) is 5.01. The fourth-order valence-electron chi connectivity index (χ4n) is 3.22. The van der Waals surface area contributed by atoms with Gasteiger partial charge in [0, 0.05) is 17.0 Å². The van der Waals surface area contributed by atoms with E-state index in [1.807, 2.05) is 60.0 Å². The van der Waals surface area contributed by atoms with Crippen LogP contribution < -0.4 is 19.5 Å². The molecule has 0 unspecified atom stereocenters. The van der Waals surface area contributed by atoms with Crippen molar-refractivity contribution in [3.8, 4) is 34.6 Å². The Hall–Kier alpha value is -4.61. The van der Waals surface area contributed by atoms with Crippen molar-refractivity contribution in [1.29, 1.82) is 5.26 Å². The van der Waals surface area contributed by atoms with E-state index in [2.05, 4.69) is 10.3 Å². The van der Waals surface area contributed by atoms with E-state index in [1.54, 1.807) is 37.4 Å². The third kappa shape index (κ3) is 6.72. The first-order valence-corrected chi connectivity index (χ1v) is 12.0. The van der Waals surface area contributed by atoms with Crippen LogP contribution in [0.3, 0.4) is 0 Å². The molecule has 7 nitrogen and oxygen atoms in total. The fraction of sp³-hybridized carbons (Fsp3) is 0.107. The van der Waals surface area contributed by atoms with Gasteiger partial charge >= 0.3 is 0 Å². The summed E-state index contributed by atoms with van der Waals surface area (Å²) in [5, 5.41) is 14.5. The van der Waals surface area contributed by atoms with Gasteiger partial charge in [0.1, 0.15) is 42.1 Å². The molecule has 1 heterocycles. The molecule has 0 aliphatic carbocycles. The minimum atomic E-state index is -0.513. The van der Waals surface area contributed by atoms with Gasteiger partial charge in [0.2, 0.25) is 0 Å². The average molecular weight is 498 g/mol. The lowest BCUT2D eigenvalue weighted by Crippen LogP contribution is -2.13. The van der Waals surface area contributed by atoms with Crippen LogP contribution in [0.2, 0.25) is 0 Å². The first kappa shape index (κ1) is 24.5. The van der Waals surface area contributed by atoms with Crippen LogP contribution >= 0.6 is 11.3 Å². The summed E-state index contributed by atoms with van der Waals surface area (Å²) in [6, 6.07) is 26.1. The number of thiazole rings is 1. The normalized spacial score (nSPS) is 10.8. The molecule has 0 spiro atoms. The lowest BCUT2D eigenvalue weighted by Gasteiger charge is -2.09. The topological polar surface area (TPSA) is 93.5 Å². The van der Waals surface area contributed by atoms with Gasteiger partial charge in [-0.25, -0.2) is 4.98 Å². The molecule has 1 N–H and O–H groups in total. The van der Waals surface area contributed by atoms with Crippen LogP contribution in [0.15, 0.2) is 89.8 Å². The Morgan fingerprint density at radius 2 is 1.69 bits per heavy atom. The minimum absolute atomic E-state index is 0.0215. The number of carbonyl (C=O) groups is 1. The Morgan fingerprint density at radius 3 is 2.42 bits per heavy atom. The van der Waals surface area contributed by atoms with Crippen molar-refractivity contribution in [2.75, 3.05) is 25.6 Å². The maximum atomic E-state index is 12.6. The number of methoxy groups -OCH3 is 1. The molecule has 1 amide bonds. The highest BCUT2D eigenvalue weighted by Gasteiger charge is 2.12. The summed E-state index contributed by atoms with van der Waals surface area (Å²) in [7, 11) is 1.61. The van der Waals surface area contributed by atoms with Gasteiger partial charge in [-0.2, -0.15) is 5.26 Å². The van der Waals surface area contributed by atoms with Crippen LogP contribution in [0, 0.1) is 11.3 Å². The zero-order valence-electron chi connectivity index (χ0n) is 19.5. The van der Waals surface area contributed by atoms with Crippen LogP contribution in [-0.4, -0.2) is 31.2 Å². The number of hydrogen-bond acceptors (Lipinski definition) is 7. The third-order valence-corrected chi connectivity index (χ3v) is 5.77. The number of hydrogen-bond donors (Lipinski definition) is 1. The van der Waals surface area contributed by atoms with Crippen molar-refractivity contribution >= 4 is 28.5 Å². The molecule has 0 fully saturated rings. The van der Waals surface area contributed by atoms with Gasteiger partial charge in [0.05, 0.1) is 12.8 Å². The lowest BCUT2D eigenvalue weighted by atomic mass is 10.1. The molecule has 4 rings (SSSR count). The molecule has 0 aliphatic rings. The first-order valence-electron chi connectivity index (χ1n) is 11.1. The molecule has 1 aromatic heterocycles. The lowest BCUT2D eigenvalue weighted by molar-refractivity contribution is -0.112. The van der Waals surface area contributed by atoms with E-state index >= 15 is 0 Å². The van der Waals surface area contributed by atoms with E-state index < -0.39 is 5.91 Å². The molecule has 0 atom stereocenters. The summed E-state index contributed by atoms with van der Waals surface area (Å²) < 4.78 is 16.5. The minimum Gasteiger partial charge on any atom is -0.497 e. The van der Waals surface area contributed by atoms with Crippen molar-refractivity contribution in [3.05, 3.63) is 95.4 Å². The number of rotatable bonds is 10. The Morgan fingerprint density at radius 1 is 0.972 bits per heavy atom. The Balaban J connectivity index is 1.30. The highest BCUT2D eigenvalue weighted by Crippen LogP contribution is 2.25. The summed E-state index contributed by atoms with van der Waals surface area (Å²) in [6.45, 7) is 0.730. The SMILES string of the molecule is COc1cccc(OCCOc2ccc(/C=C(/C#N)C(=O)Nc3nc(-c4ccccc4)cs3)cc2)c1. The first-order chi connectivity index (χ1) is 17.6. The van der Waals surface area contributed by atoms with Crippen LogP contribution in [-0.2, 0) is 4.79 Å². The van der Waals surface area contributed by atoms with E-state index in [-0.39, 0.29) is 5.57 Å². The molecule has 0 bridgehead atoms. The second-order valence-corrected chi connectivity index (χ2v) is 8.33. The molecule has 180 valence electrons. The highest BCUT2D eigenvalue weighted by molar-refractivity contribution is 7.14. The largest absolute Gasteiger partial charge is 0.497 e. The smallest absolute Gasteiger partial charge is 0.268 e. The zero-order valence-corrected chi connectivity index (χ0v) is 20.3. The van der Waals surface area contributed by atoms with Crippen molar-refractivity contribution < 1.29 is 19.0 Å². The summed E-state index contributed by atoms with van der Waals surface area (Å²) in [6.07, 6.45) is 1.52. The van der Waals surface area contributed by atoms with Crippen molar-refractivity contribution in [3.63, 3.8) is 0 Å². The van der Waals surface area contributed by atoms with Crippen LogP contribution in [0.1, 0.15) is 5.56 Å². The summed E-state index contributed by atoms with van der Waals surface area (Å²) in [5.41, 5.74) is 2.40.